The van der Waals surface area contributed by atoms with Gasteiger partial charge in [-0.25, -0.2) is 0 Å². The van der Waals surface area contributed by atoms with Gasteiger partial charge in [0, 0.05) is 12.0 Å². The predicted molar refractivity (Wildman–Crippen MR) is 61.0 cm³/mol. The van der Waals surface area contributed by atoms with Crippen LogP contribution >= 0.6 is 0 Å². The maximum atomic E-state index is 11.3. The lowest BCUT2D eigenvalue weighted by Gasteiger charge is -2.14. The highest BCUT2D eigenvalue weighted by Gasteiger charge is 2.34. The summed E-state index contributed by atoms with van der Waals surface area (Å²) in [7, 11) is 3.15. The normalized spacial score (nSPS) is 23.4. The number of hydrogen-bond donors (Lipinski definition) is 1. The molecule has 1 aliphatic heterocycles. The van der Waals surface area contributed by atoms with Gasteiger partial charge in [-0.2, -0.15) is 0 Å². The lowest BCUT2D eigenvalue weighted by Crippen LogP contribution is -2.24. The lowest BCUT2D eigenvalue weighted by molar-refractivity contribution is -0.142. The van der Waals surface area contributed by atoms with Crippen molar-refractivity contribution < 1.29 is 19.0 Å². The van der Waals surface area contributed by atoms with Crippen LogP contribution in [0.25, 0.3) is 0 Å². The Balaban J connectivity index is 2.33. The fraction of sp³-hybridized carbons (Fsp3) is 0.417. The molecule has 0 radical (unpaired) electrons. The summed E-state index contributed by atoms with van der Waals surface area (Å²) in [6.45, 7) is 0. The Labute approximate surface area is 99.5 Å². The molecular weight excluding hydrogens is 222 g/mol. The van der Waals surface area contributed by atoms with E-state index in [1.807, 2.05) is 0 Å². The van der Waals surface area contributed by atoms with Gasteiger partial charge in [-0.3, -0.25) is 4.79 Å². The molecule has 2 atom stereocenters. The highest BCUT2D eigenvalue weighted by Crippen LogP contribution is 2.36. The van der Waals surface area contributed by atoms with Gasteiger partial charge in [-0.05, 0) is 18.2 Å². The minimum Gasteiger partial charge on any atom is -0.497 e. The van der Waals surface area contributed by atoms with Gasteiger partial charge in [-0.15, -0.1) is 0 Å². The first-order chi connectivity index (χ1) is 8.15. The molecule has 2 rings (SSSR count). The second-order valence-corrected chi connectivity index (χ2v) is 3.88. The minimum absolute atomic E-state index is 0.359. The van der Waals surface area contributed by atoms with E-state index < -0.39 is 6.04 Å². The van der Waals surface area contributed by atoms with Gasteiger partial charge in [0.1, 0.15) is 23.6 Å². The molecule has 0 bridgehead atoms. The first-order valence-corrected chi connectivity index (χ1v) is 5.33. The van der Waals surface area contributed by atoms with Crippen molar-refractivity contribution in [3.8, 4) is 11.5 Å². The Morgan fingerprint density at radius 3 is 2.65 bits per heavy atom. The summed E-state index contributed by atoms with van der Waals surface area (Å²) < 4.78 is 15.6. The Kier molecular flexibility index (Phi) is 3.19. The largest absolute Gasteiger partial charge is 0.497 e. The Bertz CT molecular complexity index is 433. The van der Waals surface area contributed by atoms with E-state index in [0.717, 1.165) is 5.56 Å². The van der Waals surface area contributed by atoms with Gasteiger partial charge < -0.3 is 19.9 Å². The van der Waals surface area contributed by atoms with Gasteiger partial charge >= 0.3 is 5.97 Å². The second kappa shape index (κ2) is 4.63. The number of nitrogens with two attached hydrogens (primary N) is 1. The van der Waals surface area contributed by atoms with Crippen LogP contribution in [-0.2, 0) is 9.53 Å². The maximum absolute atomic E-state index is 11.3. The van der Waals surface area contributed by atoms with Gasteiger partial charge in [0.05, 0.1) is 14.2 Å². The predicted octanol–water partition coefficient (Wildman–Crippen LogP) is 1.02. The highest BCUT2D eigenvalue weighted by molar-refractivity contribution is 5.78. The number of methoxy groups -OCH3 is 2. The molecule has 2 unspecified atom stereocenters. The molecule has 1 fully saturated rings. The molecule has 0 amide bonds. The summed E-state index contributed by atoms with van der Waals surface area (Å²) in [5.74, 6) is 0.981. The fourth-order valence-corrected chi connectivity index (χ4v) is 1.88. The molecule has 17 heavy (non-hydrogen) atoms. The molecule has 5 heteroatoms. The zero-order valence-electron chi connectivity index (χ0n) is 9.80. The summed E-state index contributed by atoms with van der Waals surface area (Å²) in [5.41, 5.74) is 6.41. The van der Waals surface area contributed by atoms with E-state index >= 15 is 0 Å². The molecule has 0 aliphatic carbocycles. The highest BCUT2D eigenvalue weighted by atomic mass is 16.6. The van der Waals surface area contributed by atoms with Crippen LogP contribution in [0.5, 0.6) is 11.5 Å². The standard InChI is InChI=1S/C12H15NO4/c1-15-7-3-4-10(16-2)8(5-7)11-6-9(13)12(14)17-11/h3-5,9,11H,6,13H2,1-2H3. The average Bonchev–Trinajstić information content (AvgIpc) is 2.68. The molecule has 92 valence electrons. The number of hydrogen-bond acceptors (Lipinski definition) is 5. The number of carbonyl (C=O) groups excluding carboxylic acids is 1. The molecule has 5 nitrogen and oxygen atoms in total. The van der Waals surface area contributed by atoms with Crippen LogP contribution < -0.4 is 15.2 Å². The molecular formula is C12H15NO4. The topological polar surface area (TPSA) is 70.8 Å². The molecule has 2 N–H and O–H groups in total. The van der Waals surface area contributed by atoms with Crippen LogP contribution in [0.1, 0.15) is 18.1 Å². The number of esters is 1. The van der Waals surface area contributed by atoms with Gasteiger partial charge in [0.2, 0.25) is 0 Å². The van der Waals surface area contributed by atoms with Crippen LogP contribution in [0.15, 0.2) is 18.2 Å². The molecule has 1 aromatic rings. The SMILES string of the molecule is COc1ccc(OC)c(C2CC(N)C(=O)O2)c1. The van der Waals surface area contributed by atoms with Crippen LogP contribution in [0.4, 0.5) is 0 Å². The molecule has 1 saturated heterocycles. The monoisotopic (exact) mass is 237 g/mol. The summed E-state index contributed by atoms with van der Waals surface area (Å²) in [6.07, 6.45) is 0.102. The summed E-state index contributed by atoms with van der Waals surface area (Å²) in [6, 6.07) is 4.82. The third-order valence-corrected chi connectivity index (χ3v) is 2.81. The first kappa shape index (κ1) is 11.7. The maximum Gasteiger partial charge on any atom is 0.323 e. The quantitative estimate of drug-likeness (QED) is 0.795. The number of benzene rings is 1. The van der Waals surface area contributed by atoms with Crippen molar-refractivity contribution in [2.45, 2.75) is 18.6 Å². The van der Waals surface area contributed by atoms with Crippen LogP contribution in [-0.4, -0.2) is 26.2 Å². The lowest BCUT2D eigenvalue weighted by atomic mass is 10.0. The summed E-state index contributed by atoms with van der Waals surface area (Å²) >= 11 is 0. The Morgan fingerprint density at radius 2 is 2.12 bits per heavy atom. The van der Waals surface area contributed by atoms with E-state index in [4.69, 9.17) is 19.9 Å². The Morgan fingerprint density at radius 1 is 1.35 bits per heavy atom. The molecule has 1 heterocycles. The van der Waals surface area contributed by atoms with Crippen molar-refractivity contribution >= 4 is 5.97 Å². The van der Waals surface area contributed by atoms with E-state index in [2.05, 4.69) is 0 Å². The van der Waals surface area contributed by atoms with E-state index in [1.165, 1.54) is 0 Å². The average molecular weight is 237 g/mol. The second-order valence-electron chi connectivity index (χ2n) is 3.88. The van der Waals surface area contributed by atoms with E-state index in [0.29, 0.717) is 17.9 Å². The minimum atomic E-state index is -0.559. The zero-order valence-corrected chi connectivity index (χ0v) is 9.80. The van der Waals surface area contributed by atoms with Crippen molar-refractivity contribution in [3.05, 3.63) is 23.8 Å². The van der Waals surface area contributed by atoms with E-state index in [-0.39, 0.29) is 12.1 Å². The van der Waals surface area contributed by atoms with Crippen molar-refractivity contribution in [3.63, 3.8) is 0 Å². The summed E-state index contributed by atoms with van der Waals surface area (Å²) in [5, 5.41) is 0. The van der Waals surface area contributed by atoms with Crippen LogP contribution in [0.2, 0.25) is 0 Å². The number of ether oxygens (including phenoxy) is 3. The first-order valence-electron chi connectivity index (χ1n) is 5.33. The molecule has 1 aliphatic rings. The van der Waals surface area contributed by atoms with Crippen molar-refractivity contribution in [2.24, 2.45) is 5.73 Å². The molecule has 0 aromatic heterocycles. The summed E-state index contributed by atoms with van der Waals surface area (Å²) in [4.78, 5) is 11.3. The van der Waals surface area contributed by atoms with Gasteiger partial charge in [0.25, 0.3) is 0 Å². The van der Waals surface area contributed by atoms with E-state index in [9.17, 15) is 4.79 Å². The number of cyclic esters (lactones) is 1. The van der Waals surface area contributed by atoms with Crippen molar-refractivity contribution in [1.29, 1.82) is 0 Å². The smallest absolute Gasteiger partial charge is 0.323 e. The van der Waals surface area contributed by atoms with E-state index in [1.54, 1.807) is 32.4 Å². The molecule has 0 saturated carbocycles. The van der Waals surface area contributed by atoms with Gasteiger partial charge in [-0.1, -0.05) is 0 Å². The zero-order chi connectivity index (χ0) is 12.4. The van der Waals surface area contributed by atoms with Crippen molar-refractivity contribution in [2.75, 3.05) is 14.2 Å². The third-order valence-electron chi connectivity index (χ3n) is 2.81. The van der Waals surface area contributed by atoms with Gasteiger partial charge in [0.15, 0.2) is 0 Å². The van der Waals surface area contributed by atoms with Crippen LogP contribution in [0, 0.1) is 0 Å². The molecule has 1 aromatic carbocycles. The Hall–Kier alpha value is -1.75. The number of rotatable bonds is 3. The fourth-order valence-electron chi connectivity index (χ4n) is 1.88. The van der Waals surface area contributed by atoms with Crippen molar-refractivity contribution in [1.82, 2.24) is 0 Å². The van der Waals surface area contributed by atoms with Crippen LogP contribution in [0.3, 0.4) is 0 Å². The number of carbonyl (C=O) groups is 1. The molecule has 0 spiro atoms. The third kappa shape index (κ3) is 2.19.